The fraction of sp³-hybridized carbons (Fsp3) is 0.409. The van der Waals surface area contributed by atoms with Crippen molar-refractivity contribution in [2.75, 3.05) is 5.32 Å². The van der Waals surface area contributed by atoms with Gasteiger partial charge in [0.05, 0.1) is 21.5 Å². The van der Waals surface area contributed by atoms with Crippen molar-refractivity contribution in [2.24, 2.45) is 0 Å². The molecule has 29 heavy (non-hydrogen) atoms. The van der Waals surface area contributed by atoms with Crippen molar-refractivity contribution in [1.82, 2.24) is 4.98 Å². The Labute approximate surface area is 186 Å². The van der Waals surface area contributed by atoms with Gasteiger partial charge in [-0.15, -0.1) is 0 Å². The number of carbonyl (C=O) groups excluding carboxylic acids is 1. The van der Waals surface area contributed by atoms with E-state index in [9.17, 15) is 10.1 Å². The smallest absolute Gasteiger partial charge is 0.237 e. The minimum Gasteiger partial charge on any atom is -0.324 e. The van der Waals surface area contributed by atoms with Crippen molar-refractivity contribution in [2.45, 2.75) is 62.1 Å². The molecule has 0 aliphatic heterocycles. The Bertz CT molecular complexity index is 942. The molecule has 1 atom stereocenters. The number of pyridine rings is 1. The van der Waals surface area contributed by atoms with Gasteiger partial charge in [-0.25, -0.2) is 4.98 Å². The van der Waals surface area contributed by atoms with Crippen LogP contribution in [0, 0.1) is 11.3 Å². The van der Waals surface area contributed by atoms with Gasteiger partial charge < -0.3 is 5.32 Å². The number of benzene rings is 1. The Kier molecular flexibility index (Phi) is 7.83. The van der Waals surface area contributed by atoms with Crippen LogP contribution in [0.15, 0.2) is 29.3 Å². The number of fused-ring (bicyclic) bond motifs is 1. The number of halogens is 2. The quantitative estimate of drug-likeness (QED) is 0.536. The molecule has 1 amide bonds. The fourth-order valence-electron chi connectivity index (χ4n) is 3.40. The number of anilines is 1. The maximum Gasteiger partial charge on any atom is 0.237 e. The second-order valence-corrected chi connectivity index (χ2v) is 9.14. The minimum absolute atomic E-state index is 0.167. The molecule has 7 heteroatoms. The summed E-state index contributed by atoms with van der Waals surface area (Å²) in [6.07, 6.45) is 7.18. The molecule has 152 valence electrons. The summed E-state index contributed by atoms with van der Waals surface area (Å²) in [5, 5.41) is 13.7. The minimum atomic E-state index is -0.382. The van der Waals surface area contributed by atoms with Crippen LogP contribution in [0.1, 0.15) is 55.8 Å². The van der Waals surface area contributed by atoms with Gasteiger partial charge in [0.15, 0.2) is 0 Å². The average Bonchev–Trinajstić information content (AvgIpc) is 2.68. The summed E-state index contributed by atoms with van der Waals surface area (Å²) < 4.78 is 0. The number of hydrogen-bond donors (Lipinski definition) is 1. The number of hydrogen-bond acceptors (Lipinski definition) is 4. The highest BCUT2D eigenvalue weighted by Crippen LogP contribution is 2.32. The van der Waals surface area contributed by atoms with E-state index in [0.29, 0.717) is 32.7 Å². The van der Waals surface area contributed by atoms with Crippen molar-refractivity contribution >= 4 is 46.6 Å². The van der Waals surface area contributed by atoms with Crippen molar-refractivity contribution in [1.29, 1.82) is 5.26 Å². The lowest BCUT2D eigenvalue weighted by atomic mass is 9.96. The molecular formula is C22H23Cl2N3OS. The first kappa shape index (κ1) is 22.0. The molecule has 1 aliphatic rings. The summed E-state index contributed by atoms with van der Waals surface area (Å²) in [6, 6.07) is 9.19. The van der Waals surface area contributed by atoms with Gasteiger partial charge in [-0.3, -0.25) is 4.79 Å². The second-order valence-electron chi connectivity index (χ2n) is 7.10. The molecule has 0 spiro atoms. The number of aryl methyl sites for hydroxylation is 2. The molecule has 1 N–H and O–H groups in total. The number of thioether (sulfide) groups is 1. The third-order valence-corrected chi connectivity index (χ3v) is 6.91. The summed E-state index contributed by atoms with van der Waals surface area (Å²) >= 11 is 13.4. The lowest BCUT2D eigenvalue weighted by Gasteiger charge is -2.18. The molecule has 1 aromatic carbocycles. The van der Waals surface area contributed by atoms with Gasteiger partial charge in [0.1, 0.15) is 11.1 Å². The van der Waals surface area contributed by atoms with Crippen LogP contribution in [0.3, 0.4) is 0 Å². The zero-order valence-electron chi connectivity index (χ0n) is 16.3. The number of nitrogens with zero attached hydrogens (tertiary/aromatic N) is 2. The third kappa shape index (κ3) is 5.66. The van der Waals surface area contributed by atoms with E-state index >= 15 is 0 Å². The monoisotopic (exact) mass is 447 g/mol. The average molecular weight is 448 g/mol. The van der Waals surface area contributed by atoms with Gasteiger partial charge in [0.25, 0.3) is 0 Å². The van der Waals surface area contributed by atoms with Crippen LogP contribution < -0.4 is 5.32 Å². The fourth-order valence-corrected chi connectivity index (χ4v) is 4.85. The van der Waals surface area contributed by atoms with Crippen LogP contribution in [0.5, 0.6) is 0 Å². The van der Waals surface area contributed by atoms with Crippen LogP contribution >= 0.6 is 35.0 Å². The number of rotatable bonds is 5. The molecule has 4 nitrogen and oxygen atoms in total. The largest absolute Gasteiger partial charge is 0.324 e. The molecule has 0 saturated heterocycles. The Hall–Kier alpha value is -1.74. The molecule has 3 rings (SSSR count). The number of aromatic nitrogens is 1. The summed E-state index contributed by atoms with van der Waals surface area (Å²) in [5.74, 6) is -0.167. The molecule has 1 aromatic heterocycles. The first-order valence-corrected chi connectivity index (χ1v) is 11.5. The van der Waals surface area contributed by atoms with E-state index < -0.39 is 0 Å². The van der Waals surface area contributed by atoms with E-state index in [-0.39, 0.29) is 11.2 Å². The molecular weight excluding hydrogens is 425 g/mol. The van der Waals surface area contributed by atoms with E-state index in [1.165, 1.54) is 30.2 Å². The maximum absolute atomic E-state index is 12.8. The normalized spacial score (nSPS) is 14.8. The van der Waals surface area contributed by atoms with Crippen molar-refractivity contribution < 1.29 is 4.79 Å². The summed E-state index contributed by atoms with van der Waals surface area (Å²) in [5.41, 5.74) is 3.31. The molecule has 2 aromatic rings. The number of nitriles is 1. The predicted molar refractivity (Wildman–Crippen MR) is 120 cm³/mol. The molecule has 1 heterocycles. The van der Waals surface area contributed by atoms with Crippen LogP contribution in [-0.4, -0.2) is 16.1 Å². The maximum atomic E-state index is 12.8. The number of amides is 1. The van der Waals surface area contributed by atoms with Gasteiger partial charge >= 0.3 is 0 Å². The second kappa shape index (κ2) is 10.3. The Morgan fingerprint density at radius 1 is 1.24 bits per heavy atom. The molecule has 0 bridgehead atoms. The lowest BCUT2D eigenvalue weighted by Crippen LogP contribution is -2.25. The SMILES string of the molecule is CCC(Sc1nc2c(cc1C#N)CCCCCC2)C(=O)Nc1ccc(Cl)cc1Cl. The van der Waals surface area contributed by atoms with Gasteiger partial charge in [0, 0.05) is 10.7 Å². The first-order chi connectivity index (χ1) is 14.0. The van der Waals surface area contributed by atoms with E-state index in [2.05, 4.69) is 11.4 Å². The first-order valence-electron chi connectivity index (χ1n) is 9.87. The highest BCUT2D eigenvalue weighted by Gasteiger charge is 2.23. The van der Waals surface area contributed by atoms with Gasteiger partial charge in [-0.05, 0) is 61.9 Å². The predicted octanol–water partition coefficient (Wildman–Crippen LogP) is 6.43. The number of carbonyl (C=O) groups is 1. The van der Waals surface area contributed by atoms with Gasteiger partial charge in [0.2, 0.25) is 5.91 Å². The summed E-state index contributed by atoms with van der Waals surface area (Å²) in [7, 11) is 0. The Morgan fingerprint density at radius 3 is 2.69 bits per heavy atom. The molecule has 0 radical (unpaired) electrons. The Balaban J connectivity index is 1.81. The highest BCUT2D eigenvalue weighted by molar-refractivity contribution is 8.00. The third-order valence-electron chi connectivity index (χ3n) is 4.99. The van der Waals surface area contributed by atoms with Crippen LogP contribution in [0.4, 0.5) is 5.69 Å². The number of nitrogens with one attached hydrogen (secondary N) is 1. The standard InChI is InChI=1S/C22H23Cl2N3OS/c1-2-20(21(28)26-19-10-9-16(23)12-17(19)24)29-22-15(13-25)11-14-7-5-3-4-6-8-18(14)27-22/h9-12,20H,2-8H2,1H3,(H,26,28). The van der Waals surface area contributed by atoms with Crippen molar-refractivity contribution in [3.63, 3.8) is 0 Å². The summed E-state index contributed by atoms with van der Waals surface area (Å²) in [6.45, 7) is 1.94. The van der Waals surface area contributed by atoms with Crippen molar-refractivity contribution in [3.8, 4) is 6.07 Å². The zero-order chi connectivity index (χ0) is 20.8. The Morgan fingerprint density at radius 2 is 2.00 bits per heavy atom. The van der Waals surface area contributed by atoms with Gasteiger partial charge in [-0.1, -0.05) is 54.7 Å². The zero-order valence-corrected chi connectivity index (χ0v) is 18.6. The van der Waals surface area contributed by atoms with E-state index in [1.807, 2.05) is 13.0 Å². The van der Waals surface area contributed by atoms with Gasteiger partial charge in [-0.2, -0.15) is 5.26 Å². The van der Waals surface area contributed by atoms with E-state index in [4.69, 9.17) is 28.2 Å². The lowest BCUT2D eigenvalue weighted by molar-refractivity contribution is -0.115. The topological polar surface area (TPSA) is 65.8 Å². The molecule has 0 fully saturated rings. The molecule has 1 unspecified atom stereocenters. The van der Waals surface area contributed by atoms with E-state index in [1.54, 1.807) is 18.2 Å². The van der Waals surface area contributed by atoms with Crippen LogP contribution in [0.2, 0.25) is 10.0 Å². The van der Waals surface area contributed by atoms with Crippen LogP contribution in [0.25, 0.3) is 0 Å². The van der Waals surface area contributed by atoms with Crippen molar-refractivity contribution in [3.05, 3.63) is 51.1 Å². The highest BCUT2D eigenvalue weighted by atomic mass is 35.5. The van der Waals surface area contributed by atoms with Crippen LogP contribution in [-0.2, 0) is 17.6 Å². The molecule has 1 aliphatic carbocycles. The summed E-state index contributed by atoms with van der Waals surface area (Å²) in [4.78, 5) is 17.6. The van der Waals surface area contributed by atoms with E-state index in [0.717, 1.165) is 31.4 Å². The molecule has 0 saturated carbocycles.